The summed E-state index contributed by atoms with van der Waals surface area (Å²) in [4.78, 5) is 31.8. The Kier molecular flexibility index (Phi) is 8.24. The third-order valence-corrected chi connectivity index (χ3v) is 7.89. The number of nitrogens with zero attached hydrogens (tertiary/aromatic N) is 2. The number of fused-ring (bicyclic) bond motifs is 1. The van der Waals surface area contributed by atoms with Crippen LogP contribution in [-0.4, -0.2) is 23.2 Å². The molecule has 1 atom stereocenters. The molecule has 1 aliphatic rings. The van der Waals surface area contributed by atoms with Gasteiger partial charge in [0.1, 0.15) is 11.8 Å². The van der Waals surface area contributed by atoms with Crippen LogP contribution in [0.4, 0.5) is 0 Å². The number of esters is 1. The second-order valence-corrected chi connectivity index (χ2v) is 11.4. The SMILES string of the molecule is CCOC(=O)C1=C(C)N=c2s/c(=C\c3cc(Br)c(OC(C)C)c(Br)c3)c(=O)n2[C@H]1c1ccccc1Cl. The minimum atomic E-state index is -0.753. The summed E-state index contributed by atoms with van der Waals surface area (Å²) in [6, 6.07) is 10.2. The Balaban J connectivity index is 1.92. The van der Waals surface area contributed by atoms with Crippen molar-refractivity contribution in [3.8, 4) is 5.75 Å². The second kappa shape index (κ2) is 11.0. The molecule has 1 aliphatic heterocycles. The molecule has 0 amide bonds. The highest BCUT2D eigenvalue weighted by Gasteiger charge is 2.34. The topological polar surface area (TPSA) is 69.9 Å². The van der Waals surface area contributed by atoms with Crippen LogP contribution in [0, 0.1) is 0 Å². The maximum atomic E-state index is 13.7. The largest absolute Gasteiger partial charge is 0.489 e. The minimum Gasteiger partial charge on any atom is -0.489 e. The van der Waals surface area contributed by atoms with Gasteiger partial charge in [-0.1, -0.05) is 41.1 Å². The van der Waals surface area contributed by atoms with Crippen LogP contribution < -0.4 is 19.6 Å². The van der Waals surface area contributed by atoms with Crippen LogP contribution in [0.15, 0.2) is 66.4 Å². The standard InChI is InChI=1S/C26H23Br2ClN2O4S/c1-5-34-25(33)21-14(4)30-26-31(22(21)16-8-6-7-9-19(16)29)24(32)20(36-26)12-15-10-17(27)23(18(28)11-15)35-13(2)3/h6-13,22H,5H2,1-4H3/b20-12-/t22-/m0/s1. The number of carbonyl (C=O) groups excluding carboxylic acids is 1. The Morgan fingerprint density at radius 3 is 2.53 bits per heavy atom. The Morgan fingerprint density at radius 1 is 1.25 bits per heavy atom. The highest BCUT2D eigenvalue weighted by molar-refractivity contribution is 9.11. The molecule has 0 aliphatic carbocycles. The molecule has 0 spiro atoms. The maximum absolute atomic E-state index is 13.7. The monoisotopic (exact) mass is 652 g/mol. The summed E-state index contributed by atoms with van der Waals surface area (Å²) in [5.41, 5.74) is 1.94. The van der Waals surface area contributed by atoms with E-state index in [0.717, 1.165) is 14.5 Å². The fraction of sp³-hybridized carbons (Fsp3) is 0.269. The van der Waals surface area contributed by atoms with Gasteiger partial charge in [-0.15, -0.1) is 0 Å². The van der Waals surface area contributed by atoms with Crippen LogP contribution in [0.25, 0.3) is 6.08 Å². The molecule has 0 N–H and O–H groups in total. The Labute approximate surface area is 234 Å². The molecule has 1 aromatic heterocycles. The van der Waals surface area contributed by atoms with Crippen LogP contribution in [0.1, 0.15) is 44.9 Å². The van der Waals surface area contributed by atoms with E-state index >= 15 is 0 Å². The zero-order valence-corrected chi connectivity index (χ0v) is 24.7. The Hall–Kier alpha value is -2.20. The van der Waals surface area contributed by atoms with Crippen molar-refractivity contribution in [2.75, 3.05) is 6.61 Å². The van der Waals surface area contributed by atoms with Gasteiger partial charge in [0.25, 0.3) is 5.56 Å². The summed E-state index contributed by atoms with van der Waals surface area (Å²) in [5, 5.41) is 0.446. The van der Waals surface area contributed by atoms with Crippen LogP contribution in [0.2, 0.25) is 5.02 Å². The summed E-state index contributed by atoms with van der Waals surface area (Å²) < 4.78 is 14.7. The molecule has 0 radical (unpaired) electrons. The van der Waals surface area contributed by atoms with Crippen molar-refractivity contribution in [2.24, 2.45) is 4.99 Å². The lowest BCUT2D eigenvalue weighted by Gasteiger charge is -2.25. The molecule has 0 saturated heterocycles. The van der Waals surface area contributed by atoms with Crippen molar-refractivity contribution in [1.82, 2.24) is 4.57 Å². The molecule has 0 saturated carbocycles. The van der Waals surface area contributed by atoms with Gasteiger partial charge >= 0.3 is 5.97 Å². The van der Waals surface area contributed by atoms with Crippen molar-refractivity contribution in [2.45, 2.75) is 39.8 Å². The average Bonchev–Trinajstić information content (AvgIpc) is 3.10. The van der Waals surface area contributed by atoms with Gasteiger partial charge in [0.2, 0.25) is 0 Å². The highest BCUT2D eigenvalue weighted by atomic mass is 79.9. The number of aromatic nitrogens is 1. The molecular weight excluding hydrogens is 632 g/mol. The Bertz CT molecular complexity index is 1540. The van der Waals surface area contributed by atoms with E-state index in [2.05, 4.69) is 36.9 Å². The number of ether oxygens (including phenoxy) is 2. The van der Waals surface area contributed by atoms with E-state index in [4.69, 9.17) is 21.1 Å². The van der Waals surface area contributed by atoms with E-state index in [1.54, 1.807) is 32.1 Å². The zero-order chi connectivity index (χ0) is 26.1. The third kappa shape index (κ3) is 5.25. The zero-order valence-electron chi connectivity index (χ0n) is 20.0. The van der Waals surface area contributed by atoms with Gasteiger partial charge in [-0.2, -0.15) is 0 Å². The first-order valence-electron chi connectivity index (χ1n) is 11.2. The molecule has 188 valence electrons. The van der Waals surface area contributed by atoms with E-state index in [1.165, 1.54) is 15.9 Å². The Morgan fingerprint density at radius 2 is 1.92 bits per heavy atom. The van der Waals surface area contributed by atoms with E-state index in [9.17, 15) is 9.59 Å². The van der Waals surface area contributed by atoms with Gasteiger partial charge in [0.15, 0.2) is 4.80 Å². The molecular formula is C26H23Br2ClN2O4S. The molecule has 3 aromatic rings. The van der Waals surface area contributed by atoms with Crippen LogP contribution in [-0.2, 0) is 9.53 Å². The van der Waals surface area contributed by atoms with E-state index < -0.39 is 12.0 Å². The van der Waals surface area contributed by atoms with Crippen molar-refractivity contribution in [3.63, 3.8) is 0 Å². The van der Waals surface area contributed by atoms with Crippen LogP contribution in [0.5, 0.6) is 5.75 Å². The number of thiazole rings is 1. The second-order valence-electron chi connectivity index (χ2n) is 8.30. The molecule has 4 rings (SSSR count). The van der Waals surface area contributed by atoms with Crippen molar-refractivity contribution in [1.29, 1.82) is 0 Å². The summed E-state index contributed by atoms with van der Waals surface area (Å²) in [6.07, 6.45) is 1.81. The molecule has 10 heteroatoms. The predicted octanol–water partition coefficient (Wildman–Crippen LogP) is 5.76. The van der Waals surface area contributed by atoms with Crippen LogP contribution in [0.3, 0.4) is 0 Å². The molecule has 2 aromatic carbocycles. The summed E-state index contributed by atoms with van der Waals surface area (Å²) >= 11 is 14.9. The quantitative estimate of drug-likeness (QED) is 0.317. The van der Waals surface area contributed by atoms with E-state index in [1.807, 2.05) is 38.1 Å². The van der Waals surface area contributed by atoms with Crippen molar-refractivity contribution < 1.29 is 14.3 Å². The summed E-state index contributed by atoms with van der Waals surface area (Å²) in [7, 11) is 0. The molecule has 0 unspecified atom stereocenters. The first-order chi connectivity index (χ1) is 17.1. The fourth-order valence-corrected chi connectivity index (χ4v) is 6.64. The normalized spacial score (nSPS) is 15.7. The van der Waals surface area contributed by atoms with Gasteiger partial charge in [0.05, 0.1) is 37.5 Å². The van der Waals surface area contributed by atoms with Crippen LogP contribution >= 0.6 is 54.8 Å². The fourth-order valence-electron chi connectivity index (χ4n) is 3.95. The van der Waals surface area contributed by atoms with E-state index in [0.29, 0.717) is 36.9 Å². The van der Waals surface area contributed by atoms with Gasteiger partial charge < -0.3 is 9.47 Å². The molecule has 2 heterocycles. The lowest BCUT2D eigenvalue weighted by molar-refractivity contribution is -0.139. The lowest BCUT2D eigenvalue weighted by atomic mass is 9.96. The smallest absolute Gasteiger partial charge is 0.338 e. The minimum absolute atomic E-state index is 0.00813. The number of benzene rings is 2. The van der Waals surface area contributed by atoms with Crippen molar-refractivity contribution in [3.05, 3.63) is 92.5 Å². The predicted molar refractivity (Wildman–Crippen MR) is 149 cm³/mol. The van der Waals surface area contributed by atoms with E-state index in [-0.39, 0.29) is 18.3 Å². The van der Waals surface area contributed by atoms with Crippen molar-refractivity contribution >= 4 is 66.8 Å². The summed E-state index contributed by atoms with van der Waals surface area (Å²) in [5.74, 6) is 0.170. The average molecular weight is 655 g/mol. The highest BCUT2D eigenvalue weighted by Crippen LogP contribution is 2.36. The number of halogens is 3. The van der Waals surface area contributed by atoms with Gasteiger partial charge in [-0.3, -0.25) is 9.36 Å². The number of hydrogen-bond donors (Lipinski definition) is 0. The molecule has 36 heavy (non-hydrogen) atoms. The third-order valence-electron chi connectivity index (χ3n) is 5.39. The molecule has 0 fully saturated rings. The summed E-state index contributed by atoms with van der Waals surface area (Å²) in [6.45, 7) is 7.59. The number of allylic oxidation sites excluding steroid dienone is 1. The van der Waals surface area contributed by atoms with Gasteiger partial charge in [0, 0.05) is 5.02 Å². The molecule has 0 bridgehead atoms. The maximum Gasteiger partial charge on any atom is 0.338 e. The first-order valence-corrected chi connectivity index (χ1v) is 14.0. The van der Waals surface area contributed by atoms with Gasteiger partial charge in [-0.25, -0.2) is 9.79 Å². The number of rotatable bonds is 6. The van der Waals surface area contributed by atoms with Gasteiger partial charge in [-0.05, 0) is 95.0 Å². The lowest BCUT2D eigenvalue weighted by Crippen LogP contribution is -2.40. The first kappa shape index (κ1) is 26.9. The number of hydrogen-bond acceptors (Lipinski definition) is 6. The molecule has 6 nitrogen and oxygen atoms in total. The number of carbonyl (C=O) groups is 1.